The fraction of sp³-hybridized carbons (Fsp3) is 0.500. The normalized spacial score (nSPS) is 22.6. The van der Waals surface area contributed by atoms with Crippen LogP contribution in [-0.2, 0) is 17.6 Å². The monoisotopic (exact) mass is 323 g/mol. The Morgan fingerprint density at radius 1 is 1.08 bits per heavy atom. The van der Waals surface area contributed by atoms with Gasteiger partial charge in [-0.05, 0) is 36.9 Å². The van der Waals surface area contributed by atoms with Crippen molar-refractivity contribution in [3.8, 4) is 0 Å². The van der Waals surface area contributed by atoms with E-state index in [0.717, 1.165) is 13.0 Å². The average Bonchev–Trinajstić information content (AvgIpc) is 3.00. The predicted molar refractivity (Wildman–Crippen MR) is 93.7 cm³/mol. The first-order valence-electron chi connectivity index (χ1n) is 8.93. The summed E-state index contributed by atoms with van der Waals surface area (Å²) in [6.07, 6.45) is 10.3. The maximum Gasteiger partial charge on any atom is 0.115 e. The van der Waals surface area contributed by atoms with Crippen LogP contribution >= 0.6 is 0 Å². The Morgan fingerprint density at radius 2 is 1.88 bits per heavy atom. The molecule has 1 aromatic heterocycles. The number of rotatable bonds is 6. The highest BCUT2D eigenvalue weighted by molar-refractivity contribution is 5.14. The number of aryl methyl sites for hydroxylation is 1. The van der Waals surface area contributed by atoms with Crippen molar-refractivity contribution in [2.45, 2.75) is 31.8 Å². The molecule has 0 radical (unpaired) electrons. The van der Waals surface area contributed by atoms with Crippen molar-refractivity contribution in [1.82, 2.24) is 14.9 Å². The van der Waals surface area contributed by atoms with E-state index in [1.807, 2.05) is 12.4 Å². The molecule has 2 aliphatic heterocycles. The lowest BCUT2D eigenvalue weighted by Gasteiger charge is -2.47. The highest BCUT2D eigenvalue weighted by atomic mass is 16.5. The largest absolute Gasteiger partial charge is 0.377 e. The molecular weight excluding hydrogens is 298 g/mol. The van der Waals surface area contributed by atoms with Crippen LogP contribution in [0, 0.1) is 5.41 Å². The maximum atomic E-state index is 6.05. The summed E-state index contributed by atoms with van der Waals surface area (Å²) in [6, 6.07) is 10.8. The minimum absolute atomic E-state index is 0.336. The van der Waals surface area contributed by atoms with E-state index in [9.17, 15) is 0 Å². The second kappa shape index (κ2) is 6.99. The first-order valence-corrected chi connectivity index (χ1v) is 8.93. The highest BCUT2D eigenvalue weighted by Gasteiger charge is 2.48. The van der Waals surface area contributed by atoms with E-state index in [1.165, 1.54) is 50.0 Å². The van der Waals surface area contributed by atoms with E-state index in [0.29, 0.717) is 11.5 Å². The van der Waals surface area contributed by atoms with E-state index in [2.05, 4.69) is 45.2 Å². The van der Waals surface area contributed by atoms with Gasteiger partial charge in [0.05, 0.1) is 12.7 Å². The summed E-state index contributed by atoms with van der Waals surface area (Å²) in [5, 5.41) is 0. The number of ether oxygens (including phenoxy) is 1. The van der Waals surface area contributed by atoms with Gasteiger partial charge in [-0.3, -0.25) is 0 Å². The van der Waals surface area contributed by atoms with Crippen molar-refractivity contribution in [3.05, 3.63) is 60.2 Å². The van der Waals surface area contributed by atoms with Crippen molar-refractivity contribution in [1.29, 1.82) is 0 Å². The minimum Gasteiger partial charge on any atom is -0.377 e. The third-order valence-corrected chi connectivity index (χ3v) is 5.26. The van der Waals surface area contributed by atoms with E-state index in [4.69, 9.17) is 4.74 Å². The van der Waals surface area contributed by atoms with Gasteiger partial charge in [0.25, 0.3) is 0 Å². The maximum absolute atomic E-state index is 6.05. The molecule has 1 aromatic carbocycles. The van der Waals surface area contributed by atoms with Gasteiger partial charge in [-0.2, -0.15) is 0 Å². The zero-order valence-corrected chi connectivity index (χ0v) is 14.1. The van der Waals surface area contributed by atoms with Crippen LogP contribution in [0.25, 0.3) is 0 Å². The molecule has 2 aliphatic rings. The van der Waals surface area contributed by atoms with E-state index >= 15 is 0 Å². The zero-order chi connectivity index (χ0) is 16.2. The molecule has 126 valence electrons. The van der Waals surface area contributed by atoms with Gasteiger partial charge in [0.1, 0.15) is 6.33 Å². The van der Waals surface area contributed by atoms with Crippen molar-refractivity contribution in [2.75, 3.05) is 26.2 Å². The molecule has 24 heavy (non-hydrogen) atoms. The van der Waals surface area contributed by atoms with Crippen molar-refractivity contribution < 1.29 is 4.74 Å². The minimum atomic E-state index is 0.336. The first kappa shape index (κ1) is 15.7. The Hall–Kier alpha value is -1.78. The fourth-order valence-electron chi connectivity index (χ4n) is 4.16. The van der Waals surface area contributed by atoms with Gasteiger partial charge in [0, 0.05) is 37.3 Å². The lowest BCUT2D eigenvalue weighted by Crippen LogP contribution is -2.57. The van der Waals surface area contributed by atoms with Crippen LogP contribution in [0.1, 0.15) is 24.0 Å². The van der Waals surface area contributed by atoms with Crippen LogP contribution in [-0.4, -0.2) is 47.2 Å². The molecule has 0 saturated carbocycles. The van der Waals surface area contributed by atoms with Crippen molar-refractivity contribution in [3.63, 3.8) is 0 Å². The predicted octanol–water partition coefficient (Wildman–Crippen LogP) is 2.74. The van der Waals surface area contributed by atoms with Gasteiger partial charge >= 0.3 is 0 Å². The second-order valence-electron chi connectivity index (χ2n) is 7.39. The number of benzene rings is 1. The molecule has 2 aromatic rings. The third kappa shape index (κ3) is 3.65. The standard InChI is InChI=1S/C20H25N3O/c1-2-5-17(6-3-1)7-4-8-23-13-20(14-23)10-19(24-15-20)9-18-11-21-16-22-12-18/h1-3,5-6,11-12,16,19H,4,7-10,13-15H2. The lowest BCUT2D eigenvalue weighted by atomic mass is 9.77. The molecule has 3 heterocycles. The Balaban J connectivity index is 1.18. The quantitative estimate of drug-likeness (QED) is 0.819. The fourth-order valence-corrected chi connectivity index (χ4v) is 4.16. The molecule has 2 saturated heterocycles. The molecule has 4 heteroatoms. The zero-order valence-electron chi connectivity index (χ0n) is 14.1. The molecule has 1 unspecified atom stereocenters. The van der Waals surface area contributed by atoms with Crippen molar-refractivity contribution in [2.24, 2.45) is 5.41 Å². The Bertz CT molecular complexity index is 640. The summed E-state index contributed by atoms with van der Waals surface area (Å²) in [5.74, 6) is 0. The molecule has 0 aliphatic carbocycles. The lowest BCUT2D eigenvalue weighted by molar-refractivity contribution is -0.00898. The number of hydrogen-bond donors (Lipinski definition) is 0. The summed E-state index contributed by atoms with van der Waals surface area (Å²) in [5.41, 5.74) is 3.04. The topological polar surface area (TPSA) is 38.2 Å². The van der Waals surface area contributed by atoms with Crippen LogP contribution in [0.4, 0.5) is 0 Å². The van der Waals surface area contributed by atoms with Gasteiger partial charge in [-0.15, -0.1) is 0 Å². The van der Waals surface area contributed by atoms with Crippen LogP contribution in [0.3, 0.4) is 0 Å². The molecular formula is C20H25N3O. The molecule has 4 rings (SSSR count). The molecule has 2 fully saturated rings. The van der Waals surface area contributed by atoms with E-state index < -0.39 is 0 Å². The van der Waals surface area contributed by atoms with Gasteiger partial charge in [0.2, 0.25) is 0 Å². The summed E-state index contributed by atoms with van der Waals surface area (Å²) >= 11 is 0. The van der Waals surface area contributed by atoms with Crippen molar-refractivity contribution >= 4 is 0 Å². The van der Waals surface area contributed by atoms with E-state index in [1.54, 1.807) is 6.33 Å². The van der Waals surface area contributed by atoms with Crippen LogP contribution < -0.4 is 0 Å². The second-order valence-corrected chi connectivity index (χ2v) is 7.39. The van der Waals surface area contributed by atoms with Gasteiger partial charge < -0.3 is 9.64 Å². The number of hydrogen-bond acceptors (Lipinski definition) is 4. The number of likely N-dealkylation sites (tertiary alicyclic amines) is 1. The van der Waals surface area contributed by atoms with Crippen LogP contribution in [0.2, 0.25) is 0 Å². The summed E-state index contributed by atoms with van der Waals surface area (Å²) in [7, 11) is 0. The highest BCUT2D eigenvalue weighted by Crippen LogP contribution is 2.41. The Morgan fingerprint density at radius 3 is 2.67 bits per heavy atom. The van der Waals surface area contributed by atoms with Gasteiger partial charge in [-0.1, -0.05) is 30.3 Å². The molecule has 1 atom stereocenters. The molecule has 0 bridgehead atoms. The third-order valence-electron chi connectivity index (χ3n) is 5.26. The molecule has 0 N–H and O–H groups in total. The van der Waals surface area contributed by atoms with Gasteiger partial charge in [-0.25, -0.2) is 9.97 Å². The smallest absolute Gasteiger partial charge is 0.115 e. The molecule has 4 nitrogen and oxygen atoms in total. The SMILES string of the molecule is c1ccc(CCCN2CC3(COC(Cc4cncnc4)C3)C2)cc1. The van der Waals surface area contributed by atoms with Gasteiger partial charge in [0.15, 0.2) is 0 Å². The van der Waals surface area contributed by atoms with Crippen LogP contribution in [0.5, 0.6) is 0 Å². The molecule has 0 amide bonds. The number of nitrogens with zero attached hydrogens (tertiary/aromatic N) is 3. The number of aromatic nitrogens is 2. The summed E-state index contributed by atoms with van der Waals surface area (Å²) in [4.78, 5) is 10.8. The van der Waals surface area contributed by atoms with Crippen LogP contribution in [0.15, 0.2) is 49.1 Å². The summed E-state index contributed by atoms with van der Waals surface area (Å²) < 4.78 is 6.05. The molecule has 1 spiro atoms. The Kier molecular flexibility index (Phi) is 4.58. The first-order chi connectivity index (χ1) is 11.8. The summed E-state index contributed by atoms with van der Waals surface area (Å²) in [6.45, 7) is 4.52. The average molecular weight is 323 g/mol. The van der Waals surface area contributed by atoms with E-state index in [-0.39, 0.29) is 0 Å². The Labute approximate surface area is 143 Å².